The van der Waals surface area contributed by atoms with Gasteiger partial charge in [-0.15, -0.1) is 13.2 Å². The van der Waals surface area contributed by atoms with Gasteiger partial charge >= 0.3 is 0 Å². The first-order chi connectivity index (χ1) is 5.56. The molecule has 0 aliphatic heterocycles. The van der Waals surface area contributed by atoms with Gasteiger partial charge in [-0.1, -0.05) is 11.1 Å². The highest BCUT2D eigenvalue weighted by atomic mass is 14.5. The van der Waals surface area contributed by atoms with Crippen LogP contribution in [0.5, 0.6) is 0 Å². The first kappa shape index (κ1) is 11.4. The largest absolute Gasteiger partial charge is 0.330 e. The van der Waals surface area contributed by atoms with Gasteiger partial charge < -0.3 is 5.73 Å². The minimum absolute atomic E-state index is 0.657. The van der Waals surface area contributed by atoms with Crippen molar-refractivity contribution in [2.24, 2.45) is 11.7 Å². The van der Waals surface area contributed by atoms with E-state index < -0.39 is 0 Å². The molecule has 0 aromatic heterocycles. The van der Waals surface area contributed by atoms with Crippen LogP contribution in [0.1, 0.15) is 33.1 Å². The summed E-state index contributed by atoms with van der Waals surface area (Å²) in [5.74, 6) is 0.657. The zero-order valence-corrected chi connectivity index (χ0v) is 8.40. The van der Waals surface area contributed by atoms with Crippen LogP contribution in [0, 0.1) is 5.92 Å². The van der Waals surface area contributed by atoms with Gasteiger partial charge in [0.15, 0.2) is 0 Å². The number of hydrogen-bond donors (Lipinski definition) is 1. The van der Waals surface area contributed by atoms with Crippen LogP contribution in [0.4, 0.5) is 0 Å². The minimum atomic E-state index is 0.657. The Kier molecular flexibility index (Phi) is 5.73. The summed E-state index contributed by atoms with van der Waals surface area (Å²) in [6, 6.07) is 0. The fraction of sp³-hybridized carbons (Fsp3) is 0.636. The third-order valence-electron chi connectivity index (χ3n) is 1.85. The van der Waals surface area contributed by atoms with Crippen molar-refractivity contribution < 1.29 is 0 Å². The molecular weight excluding hydrogens is 146 g/mol. The normalized spacial score (nSPS) is 10.3. The van der Waals surface area contributed by atoms with E-state index in [-0.39, 0.29) is 0 Å². The van der Waals surface area contributed by atoms with Gasteiger partial charge in [0.05, 0.1) is 0 Å². The molecule has 0 aromatic rings. The third kappa shape index (κ3) is 6.17. The molecule has 0 atom stereocenters. The van der Waals surface area contributed by atoms with E-state index in [2.05, 4.69) is 27.0 Å². The van der Waals surface area contributed by atoms with E-state index in [4.69, 9.17) is 5.73 Å². The number of rotatable bonds is 6. The molecule has 0 aliphatic rings. The third-order valence-corrected chi connectivity index (χ3v) is 1.85. The molecule has 0 bridgehead atoms. The summed E-state index contributed by atoms with van der Waals surface area (Å²) in [5, 5.41) is 0. The molecule has 0 fully saturated rings. The van der Waals surface area contributed by atoms with Crippen LogP contribution >= 0.6 is 0 Å². The van der Waals surface area contributed by atoms with Gasteiger partial charge in [0, 0.05) is 0 Å². The van der Waals surface area contributed by atoms with Gasteiger partial charge in [-0.2, -0.15) is 0 Å². The maximum atomic E-state index is 5.52. The molecule has 0 heterocycles. The SMILES string of the molecule is C=C(C)CC(CCN)CC(=C)C. The van der Waals surface area contributed by atoms with Crippen molar-refractivity contribution in [2.45, 2.75) is 33.1 Å². The van der Waals surface area contributed by atoms with Crippen molar-refractivity contribution in [3.8, 4) is 0 Å². The molecule has 70 valence electrons. The highest BCUT2D eigenvalue weighted by Crippen LogP contribution is 2.20. The molecule has 0 radical (unpaired) electrons. The predicted molar refractivity (Wildman–Crippen MR) is 56.0 cm³/mol. The Hall–Kier alpha value is -0.560. The van der Waals surface area contributed by atoms with Crippen molar-refractivity contribution in [3.05, 3.63) is 24.3 Å². The molecule has 0 saturated heterocycles. The topological polar surface area (TPSA) is 26.0 Å². The monoisotopic (exact) mass is 167 g/mol. The highest BCUT2D eigenvalue weighted by molar-refractivity contribution is 4.96. The molecule has 1 heteroatoms. The zero-order chi connectivity index (χ0) is 9.56. The van der Waals surface area contributed by atoms with Crippen molar-refractivity contribution in [3.63, 3.8) is 0 Å². The van der Waals surface area contributed by atoms with E-state index in [1.807, 2.05) is 0 Å². The van der Waals surface area contributed by atoms with Crippen molar-refractivity contribution in [2.75, 3.05) is 6.54 Å². The van der Waals surface area contributed by atoms with Crippen molar-refractivity contribution in [1.82, 2.24) is 0 Å². The molecule has 0 unspecified atom stereocenters. The molecule has 0 rings (SSSR count). The average molecular weight is 167 g/mol. The van der Waals surface area contributed by atoms with E-state index in [9.17, 15) is 0 Å². The Bertz CT molecular complexity index is 142. The Morgan fingerprint density at radius 3 is 1.83 bits per heavy atom. The van der Waals surface area contributed by atoms with E-state index >= 15 is 0 Å². The average Bonchev–Trinajstić information content (AvgIpc) is 1.84. The van der Waals surface area contributed by atoms with E-state index in [1.165, 1.54) is 11.1 Å². The standard InChI is InChI=1S/C11H21N/c1-9(2)7-11(5-6-12)8-10(3)4/h11H,1,3,5-8,12H2,2,4H3. The molecule has 0 spiro atoms. The summed E-state index contributed by atoms with van der Waals surface area (Å²) in [6.45, 7) is 12.7. The second-order valence-electron chi connectivity index (χ2n) is 3.77. The van der Waals surface area contributed by atoms with E-state index in [1.54, 1.807) is 0 Å². The van der Waals surface area contributed by atoms with Crippen LogP contribution < -0.4 is 5.73 Å². The summed E-state index contributed by atoms with van der Waals surface area (Å²) in [4.78, 5) is 0. The van der Waals surface area contributed by atoms with Crippen LogP contribution in [0.2, 0.25) is 0 Å². The van der Waals surface area contributed by atoms with Crippen molar-refractivity contribution in [1.29, 1.82) is 0 Å². The maximum Gasteiger partial charge on any atom is -0.00744 e. The summed E-state index contributed by atoms with van der Waals surface area (Å²) in [7, 11) is 0. The fourth-order valence-corrected chi connectivity index (χ4v) is 1.50. The fourth-order valence-electron chi connectivity index (χ4n) is 1.50. The van der Waals surface area contributed by atoms with E-state index in [0.717, 1.165) is 25.8 Å². The summed E-state index contributed by atoms with van der Waals surface area (Å²) >= 11 is 0. The molecule has 0 saturated carbocycles. The lowest BCUT2D eigenvalue weighted by atomic mass is 9.91. The van der Waals surface area contributed by atoms with Crippen LogP contribution in [-0.4, -0.2) is 6.54 Å². The molecule has 0 aromatic carbocycles. The second-order valence-corrected chi connectivity index (χ2v) is 3.77. The Balaban J connectivity index is 3.85. The van der Waals surface area contributed by atoms with E-state index in [0.29, 0.717) is 5.92 Å². The quantitative estimate of drug-likeness (QED) is 0.605. The van der Waals surface area contributed by atoms with Crippen LogP contribution in [0.15, 0.2) is 24.3 Å². The Morgan fingerprint density at radius 1 is 1.17 bits per heavy atom. The first-order valence-corrected chi connectivity index (χ1v) is 4.55. The Labute approximate surface area is 76.3 Å². The van der Waals surface area contributed by atoms with Gasteiger partial charge in [0.1, 0.15) is 0 Å². The minimum Gasteiger partial charge on any atom is -0.330 e. The molecule has 1 nitrogen and oxygen atoms in total. The lowest BCUT2D eigenvalue weighted by Gasteiger charge is -2.15. The summed E-state index contributed by atoms with van der Waals surface area (Å²) in [6.07, 6.45) is 3.26. The smallest absolute Gasteiger partial charge is 0.00744 e. The summed E-state index contributed by atoms with van der Waals surface area (Å²) < 4.78 is 0. The predicted octanol–water partition coefficient (Wildman–Crippen LogP) is 2.88. The molecule has 12 heavy (non-hydrogen) atoms. The number of nitrogens with two attached hydrogens (primary N) is 1. The van der Waals surface area contributed by atoms with Gasteiger partial charge in [0.25, 0.3) is 0 Å². The zero-order valence-electron chi connectivity index (χ0n) is 8.40. The molecule has 0 amide bonds. The molecule has 0 aliphatic carbocycles. The lowest BCUT2D eigenvalue weighted by molar-refractivity contribution is 0.485. The number of hydrogen-bond acceptors (Lipinski definition) is 1. The Morgan fingerprint density at radius 2 is 1.58 bits per heavy atom. The van der Waals surface area contributed by atoms with Crippen molar-refractivity contribution >= 4 is 0 Å². The van der Waals surface area contributed by atoms with Crippen LogP contribution in [0.3, 0.4) is 0 Å². The molecular formula is C11H21N. The first-order valence-electron chi connectivity index (χ1n) is 4.55. The van der Waals surface area contributed by atoms with Gasteiger partial charge in [-0.05, 0) is 45.6 Å². The highest BCUT2D eigenvalue weighted by Gasteiger charge is 2.07. The molecule has 2 N–H and O–H groups in total. The number of allylic oxidation sites excluding steroid dienone is 2. The van der Waals surface area contributed by atoms with Gasteiger partial charge in [-0.3, -0.25) is 0 Å². The summed E-state index contributed by atoms with van der Waals surface area (Å²) in [5.41, 5.74) is 8.01. The van der Waals surface area contributed by atoms with Crippen LogP contribution in [-0.2, 0) is 0 Å². The lowest BCUT2D eigenvalue weighted by Crippen LogP contribution is -2.09. The van der Waals surface area contributed by atoms with Gasteiger partial charge in [-0.25, -0.2) is 0 Å². The second kappa shape index (κ2) is 6.01. The maximum absolute atomic E-state index is 5.52. The van der Waals surface area contributed by atoms with Crippen LogP contribution in [0.25, 0.3) is 0 Å². The van der Waals surface area contributed by atoms with Gasteiger partial charge in [0.2, 0.25) is 0 Å².